The molecule has 1 aromatic carbocycles. The summed E-state index contributed by atoms with van der Waals surface area (Å²) < 4.78 is 48.0. The molecule has 0 atom stereocenters. The number of H-pyrrole nitrogens is 1. The first-order chi connectivity index (χ1) is 10.9. The van der Waals surface area contributed by atoms with Crippen molar-refractivity contribution < 1.29 is 22.6 Å². The van der Waals surface area contributed by atoms with Crippen molar-refractivity contribution in [3.8, 4) is 11.5 Å². The van der Waals surface area contributed by atoms with Crippen LogP contribution in [0.15, 0.2) is 35.1 Å². The predicted octanol–water partition coefficient (Wildman–Crippen LogP) is 2.29. The molecule has 0 fully saturated rings. The second kappa shape index (κ2) is 7.03. The Bertz CT molecular complexity index is 699. The van der Waals surface area contributed by atoms with Gasteiger partial charge in [-0.3, -0.25) is 9.78 Å². The van der Waals surface area contributed by atoms with E-state index < -0.39 is 17.4 Å². The Morgan fingerprint density at radius 2 is 1.87 bits per heavy atom. The molecule has 0 bridgehead atoms. The number of hydrogen-bond donors (Lipinski definition) is 2. The Balaban J connectivity index is 1.88. The van der Waals surface area contributed by atoms with E-state index in [1.165, 1.54) is 0 Å². The highest BCUT2D eigenvalue weighted by molar-refractivity contribution is 5.31. The Morgan fingerprint density at radius 3 is 2.48 bits per heavy atom. The number of aromatic nitrogens is 2. The third kappa shape index (κ3) is 4.90. The predicted molar refractivity (Wildman–Crippen MR) is 76.8 cm³/mol. The molecule has 0 amide bonds. The molecule has 2 aromatic rings. The number of aromatic amines is 1. The monoisotopic (exact) mass is 329 g/mol. The fourth-order valence-electron chi connectivity index (χ4n) is 1.70. The van der Waals surface area contributed by atoms with E-state index in [-0.39, 0.29) is 19.1 Å². The van der Waals surface area contributed by atoms with Gasteiger partial charge in [0, 0.05) is 6.07 Å². The zero-order chi connectivity index (χ0) is 16.9. The molecule has 124 valence electrons. The summed E-state index contributed by atoms with van der Waals surface area (Å²) in [5.74, 6) is 1.00. The van der Waals surface area contributed by atoms with Crippen LogP contribution in [0.5, 0.6) is 11.5 Å². The van der Waals surface area contributed by atoms with Gasteiger partial charge in [0.15, 0.2) is 5.69 Å². The van der Waals surface area contributed by atoms with Crippen LogP contribution in [0.1, 0.15) is 5.69 Å². The molecule has 0 spiro atoms. The Hall–Kier alpha value is -2.71. The molecule has 0 unspecified atom stereocenters. The number of ether oxygens (including phenoxy) is 2. The zero-order valence-corrected chi connectivity index (χ0v) is 12.1. The molecular weight excluding hydrogens is 315 g/mol. The van der Waals surface area contributed by atoms with Crippen LogP contribution in [0.3, 0.4) is 0 Å². The maximum absolute atomic E-state index is 12.5. The fraction of sp³-hybridized carbons (Fsp3) is 0.286. The van der Waals surface area contributed by atoms with Crippen molar-refractivity contribution in [1.82, 2.24) is 9.97 Å². The second-order valence-corrected chi connectivity index (χ2v) is 4.43. The first-order valence-electron chi connectivity index (χ1n) is 6.58. The van der Waals surface area contributed by atoms with Gasteiger partial charge in [-0.1, -0.05) is 0 Å². The molecular formula is C14H14F3N3O3. The lowest BCUT2D eigenvalue weighted by Crippen LogP contribution is -2.21. The number of methoxy groups -OCH3 is 1. The molecule has 1 heterocycles. The minimum absolute atomic E-state index is 0.163. The van der Waals surface area contributed by atoms with Crippen LogP contribution in [-0.4, -0.2) is 30.2 Å². The van der Waals surface area contributed by atoms with Gasteiger partial charge in [-0.05, 0) is 24.3 Å². The lowest BCUT2D eigenvalue weighted by molar-refractivity contribution is -0.141. The molecule has 0 saturated carbocycles. The van der Waals surface area contributed by atoms with Gasteiger partial charge in [0.1, 0.15) is 18.1 Å². The van der Waals surface area contributed by atoms with Crippen LogP contribution < -0.4 is 20.3 Å². The quantitative estimate of drug-likeness (QED) is 0.795. The number of benzene rings is 1. The molecule has 2 N–H and O–H groups in total. The number of alkyl halides is 3. The largest absolute Gasteiger partial charge is 0.497 e. The van der Waals surface area contributed by atoms with Crippen molar-refractivity contribution in [2.75, 3.05) is 25.6 Å². The number of nitrogens with one attached hydrogen (secondary N) is 2. The Labute approximate surface area is 129 Å². The summed E-state index contributed by atoms with van der Waals surface area (Å²) in [5, 5.41) is 2.57. The average Bonchev–Trinajstić information content (AvgIpc) is 2.51. The highest BCUT2D eigenvalue weighted by Gasteiger charge is 2.33. The van der Waals surface area contributed by atoms with Crippen LogP contribution in [0.25, 0.3) is 0 Å². The van der Waals surface area contributed by atoms with E-state index in [1.54, 1.807) is 31.4 Å². The molecule has 9 heteroatoms. The average molecular weight is 329 g/mol. The summed E-state index contributed by atoms with van der Waals surface area (Å²) in [5.41, 5.74) is -2.13. The van der Waals surface area contributed by atoms with Crippen molar-refractivity contribution in [3.05, 3.63) is 46.4 Å². The first kappa shape index (κ1) is 16.7. The molecule has 1 aromatic heterocycles. The third-order valence-corrected chi connectivity index (χ3v) is 2.75. The molecule has 2 rings (SSSR count). The summed E-state index contributed by atoms with van der Waals surface area (Å²) in [6.45, 7) is 0.336. The lowest BCUT2D eigenvalue weighted by atomic mass is 10.3. The number of anilines is 1. The van der Waals surface area contributed by atoms with Gasteiger partial charge in [-0.25, -0.2) is 4.98 Å². The van der Waals surface area contributed by atoms with Gasteiger partial charge >= 0.3 is 6.18 Å². The fourth-order valence-corrected chi connectivity index (χ4v) is 1.70. The van der Waals surface area contributed by atoms with Gasteiger partial charge < -0.3 is 14.8 Å². The maximum Gasteiger partial charge on any atom is 0.433 e. The van der Waals surface area contributed by atoms with E-state index in [1.807, 2.05) is 0 Å². The van der Waals surface area contributed by atoms with Gasteiger partial charge in [0.2, 0.25) is 5.95 Å². The number of rotatable bonds is 6. The minimum atomic E-state index is -4.68. The topological polar surface area (TPSA) is 76.2 Å². The van der Waals surface area contributed by atoms with Gasteiger partial charge in [0.25, 0.3) is 5.56 Å². The molecule has 0 radical (unpaired) electrons. The van der Waals surface area contributed by atoms with Gasteiger partial charge in [-0.15, -0.1) is 0 Å². The molecule has 0 saturated heterocycles. The maximum atomic E-state index is 12.5. The smallest absolute Gasteiger partial charge is 0.433 e. The molecule has 23 heavy (non-hydrogen) atoms. The van der Waals surface area contributed by atoms with E-state index in [9.17, 15) is 18.0 Å². The van der Waals surface area contributed by atoms with Crippen molar-refractivity contribution in [2.24, 2.45) is 0 Å². The van der Waals surface area contributed by atoms with E-state index >= 15 is 0 Å². The number of halogens is 3. The summed E-state index contributed by atoms with van der Waals surface area (Å²) in [7, 11) is 1.54. The number of nitrogens with zero attached hydrogens (tertiary/aromatic N) is 1. The van der Waals surface area contributed by atoms with Crippen molar-refractivity contribution in [3.63, 3.8) is 0 Å². The third-order valence-electron chi connectivity index (χ3n) is 2.75. The molecule has 0 aliphatic carbocycles. The molecule has 0 aliphatic heterocycles. The van der Waals surface area contributed by atoms with Crippen LogP contribution in [-0.2, 0) is 6.18 Å². The van der Waals surface area contributed by atoms with Crippen molar-refractivity contribution >= 4 is 5.95 Å². The summed E-state index contributed by atoms with van der Waals surface area (Å²) in [6.07, 6.45) is -4.68. The Morgan fingerprint density at radius 1 is 1.22 bits per heavy atom. The van der Waals surface area contributed by atoms with E-state index in [0.29, 0.717) is 17.6 Å². The summed E-state index contributed by atoms with van der Waals surface area (Å²) in [6, 6.07) is 7.23. The van der Waals surface area contributed by atoms with Crippen LogP contribution >= 0.6 is 0 Å². The molecule has 0 aliphatic rings. The minimum Gasteiger partial charge on any atom is -0.497 e. The van der Waals surface area contributed by atoms with Gasteiger partial charge in [0.05, 0.1) is 13.7 Å². The summed E-state index contributed by atoms with van der Waals surface area (Å²) in [4.78, 5) is 16.7. The normalized spacial score (nSPS) is 11.1. The van der Waals surface area contributed by atoms with Crippen LogP contribution in [0, 0.1) is 0 Å². The van der Waals surface area contributed by atoms with Crippen molar-refractivity contribution in [2.45, 2.75) is 6.18 Å². The van der Waals surface area contributed by atoms with E-state index in [0.717, 1.165) is 0 Å². The van der Waals surface area contributed by atoms with E-state index in [4.69, 9.17) is 9.47 Å². The Kier molecular flexibility index (Phi) is 5.09. The van der Waals surface area contributed by atoms with Gasteiger partial charge in [-0.2, -0.15) is 13.2 Å². The highest BCUT2D eigenvalue weighted by atomic mass is 19.4. The zero-order valence-electron chi connectivity index (χ0n) is 12.1. The molecule has 6 nitrogen and oxygen atoms in total. The lowest BCUT2D eigenvalue weighted by Gasteiger charge is -2.10. The van der Waals surface area contributed by atoms with E-state index in [2.05, 4.69) is 15.3 Å². The SMILES string of the molecule is COc1ccc(OCCNc2nc(C(F)(F)F)cc(=O)[nH]2)cc1. The van der Waals surface area contributed by atoms with Crippen LogP contribution in [0.4, 0.5) is 19.1 Å². The standard InChI is InChI=1S/C14H14F3N3O3/c1-22-9-2-4-10(5-3-9)23-7-6-18-13-19-11(14(15,16)17)8-12(21)20-13/h2-5,8H,6-7H2,1H3,(H2,18,19,20,21). The van der Waals surface area contributed by atoms with Crippen LogP contribution in [0.2, 0.25) is 0 Å². The summed E-state index contributed by atoms with van der Waals surface area (Å²) >= 11 is 0. The first-order valence-corrected chi connectivity index (χ1v) is 6.58. The highest BCUT2D eigenvalue weighted by Crippen LogP contribution is 2.26. The van der Waals surface area contributed by atoms with Crippen molar-refractivity contribution in [1.29, 1.82) is 0 Å². The number of hydrogen-bond acceptors (Lipinski definition) is 5. The second-order valence-electron chi connectivity index (χ2n) is 4.43.